The molecule has 0 radical (unpaired) electrons. The lowest BCUT2D eigenvalue weighted by Gasteiger charge is -2.22. The summed E-state index contributed by atoms with van der Waals surface area (Å²) in [6.45, 7) is 2.33. The van der Waals surface area contributed by atoms with Crippen molar-refractivity contribution in [3.05, 3.63) is 0 Å². The third-order valence-corrected chi connectivity index (χ3v) is 1.65. The molecule has 112 valence electrons. The van der Waals surface area contributed by atoms with Gasteiger partial charge in [0.2, 0.25) is 5.91 Å². The summed E-state index contributed by atoms with van der Waals surface area (Å²) in [6.07, 6.45) is -5.57. The average molecular weight is 286 g/mol. The molecular weight excluding hydrogens is 269 g/mol. The highest BCUT2D eigenvalue weighted by atomic mass is 19.4. The number of nitrogens with one attached hydrogen (secondary N) is 2. The fourth-order valence-electron chi connectivity index (χ4n) is 0.954. The Labute approximate surface area is 108 Å². The lowest BCUT2D eigenvalue weighted by molar-refractivity contribution is -0.140. The molecule has 19 heavy (non-hydrogen) atoms. The van der Waals surface area contributed by atoms with Crippen molar-refractivity contribution >= 4 is 12.0 Å². The van der Waals surface area contributed by atoms with Crippen LogP contribution in [0.5, 0.6) is 0 Å². The van der Waals surface area contributed by atoms with Crippen LogP contribution in [-0.2, 0) is 9.53 Å². The van der Waals surface area contributed by atoms with Gasteiger partial charge in [0.25, 0.3) is 0 Å². The van der Waals surface area contributed by atoms with Gasteiger partial charge in [-0.2, -0.15) is 13.2 Å². The summed E-state index contributed by atoms with van der Waals surface area (Å²) >= 11 is 0. The second kappa shape index (κ2) is 6.60. The molecule has 9 heteroatoms. The van der Waals surface area contributed by atoms with E-state index in [0.29, 0.717) is 0 Å². The Hall–Kier alpha value is -1.51. The molecule has 0 aromatic carbocycles. The highest BCUT2D eigenvalue weighted by molar-refractivity contribution is 5.85. The molecule has 3 N–H and O–H groups in total. The second-order valence-corrected chi connectivity index (χ2v) is 4.71. The van der Waals surface area contributed by atoms with Crippen LogP contribution in [0.1, 0.15) is 20.8 Å². The SMILES string of the molecule is CC(C)(C)OC(=O)N[C@@H](CO)C(=O)NCC(F)(F)F. The number of ether oxygens (including phenoxy) is 1. The number of hydrogen-bond donors (Lipinski definition) is 3. The highest BCUT2D eigenvalue weighted by Gasteiger charge is 2.30. The van der Waals surface area contributed by atoms with Gasteiger partial charge in [-0.3, -0.25) is 4.79 Å². The Bertz CT molecular complexity index is 326. The average Bonchev–Trinajstić information content (AvgIpc) is 2.18. The molecule has 0 aromatic rings. The van der Waals surface area contributed by atoms with Crippen molar-refractivity contribution in [1.82, 2.24) is 10.6 Å². The van der Waals surface area contributed by atoms with Gasteiger partial charge in [-0.15, -0.1) is 0 Å². The number of carbonyl (C=O) groups excluding carboxylic acids is 2. The first-order chi connectivity index (χ1) is 8.44. The third kappa shape index (κ3) is 9.11. The summed E-state index contributed by atoms with van der Waals surface area (Å²) < 4.78 is 40.4. The van der Waals surface area contributed by atoms with Crippen LogP contribution in [0.25, 0.3) is 0 Å². The van der Waals surface area contributed by atoms with E-state index in [4.69, 9.17) is 9.84 Å². The van der Waals surface area contributed by atoms with Gasteiger partial charge >= 0.3 is 12.3 Å². The summed E-state index contributed by atoms with van der Waals surface area (Å²) in [5, 5.41) is 12.4. The minimum Gasteiger partial charge on any atom is -0.444 e. The molecule has 0 heterocycles. The summed E-state index contributed by atoms with van der Waals surface area (Å²) in [4.78, 5) is 22.6. The predicted octanol–water partition coefficient (Wildman–Crippen LogP) is 0.551. The van der Waals surface area contributed by atoms with Gasteiger partial charge in [0.1, 0.15) is 18.2 Å². The number of alkyl halides is 3. The standard InChI is InChI=1S/C10H17F3N2O4/c1-9(2,3)19-8(18)15-6(4-16)7(17)14-5-10(11,12)13/h6,16H,4-5H2,1-3H3,(H,14,17)(H,15,18)/t6-/m0/s1. The Balaban J connectivity index is 4.34. The Kier molecular flexibility index (Phi) is 6.07. The zero-order valence-electron chi connectivity index (χ0n) is 10.8. The molecule has 0 fully saturated rings. The zero-order chi connectivity index (χ0) is 15.3. The maximum absolute atomic E-state index is 11.9. The normalized spacial score (nSPS) is 13.6. The van der Waals surface area contributed by atoms with E-state index >= 15 is 0 Å². The number of hydrogen-bond acceptors (Lipinski definition) is 4. The first-order valence-corrected chi connectivity index (χ1v) is 5.39. The molecule has 0 rings (SSSR count). The highest BCUT2D eigenvalue weighted by Crippen LogP contribution is 2.12. The van der Waals surface area contributed by atoms with Crippen molar-refractivity contribution in [2.45, 2.75) is 38.6 Å². The van der Waals surface area contributed by atoms with E-state index < -0.39 is 43.0 Å². The van der Waals surface area contributed by atoms with E-state index in [2.05, 4.69) is 0 Å². The van der Waals surface area contributed by atoms with E-state index in [1.54, 1.807) is 26.1 Å². The van der Waals surface area contributed by atoms with Crippen LogP contribution in [0.15, 0.2) is 0 Å². The number of amides is 2. The van der Waals surface area contributed by atoms with Crippen LogP contribution < -0.4 is 10.6 Å². The maximum atomic E-state index is 11.9. The molecule has 0 aliphatic heterocycles. The van der Waals surface area contributed by atoms with Crippen LogP contribution >= 0.6 is 0 Å². The van der Waals surface area contributed by atoms with Crippen molar-refractivity contribution in [2.75, 3.05) is 13.2 Å². The topological polar surface area (TPSA) is 87.7 Å². The largest absolute Gasteiger partial charge is 0.444 e. The summed E-state index contributed by atoms with van der Waals surface area (Å²) in [7, 11) is 0. The molecule has 0 aliphatic carbocycles. The van der Waals surface area contributed by atoms with Crippen molar-refractivity contribution in [3.8, 4) is 0 Å². The number of aliphatic hydroxyl groups excluding tert-OH is 1. The van der Waals surface area contributed by atoms with E-state index in [0.717, 1.165) is 0 Å². The van der Waals surface area contributed by atoms with E-state index in [9.17, 15) is 22.8 Å². The van der Waals surface area contributed by atoms with Gasteiger partial charge in [0.05, 0.1) is 6.61 Å². The van der Waals surface area contributed by atoms with Gasteiger partial charge in [-0.05, 0) is 20.8 Å². The molecule has 2 amide bonds. The summed E-state index contributed by atoms with van der Waals surface area (Å²) in [5.41, 5.74) is -0.827. The first kappa shape index (κ1) is 17.5. The van der Waals surface area contributed by atoms with Gasteiger partial charge in [0, 0.05) is 0 Å². The van der Waals surface area contributed by atoms with Crippen molar-refractivity contribution in [1.29, 1.82) is 0 Å². The lowest BCUT2D eigenvalue weighted by atomic mass is 10.2. The molecule has 6 nitrogen and oxygen atoms in total. The Morgan fingerprint density at radius 3 is 2.16 bits per heavy atom. The molecule has 0 spiro atoms. The summed E-state index contributed by atoms with van der Waals surface area (Å²) in [5.74, 6) is -1.15. The predicted molar refractivity (Wildman–Crippen MR) is 59.3 cm³/mol. The molecule has 1 atom stereocenters. The molecule has 0 unspecified atom stereocenters. The second-order valence-electron chi connectivity index (χ2n) is 4.71. The zero-order valence-corrected chi connectivity index (χ0v) is 10.8. The van der Waals surface area contributed by atoms with Crippen LogP contribution in [0.4, 0.5) is 18.0 Å². The van der Waals surface area contributed by atoms with Gasteiger partial charge in [-0.25, -0.2) is 4.79 Å². The molecule has 0 saturated carbocycles. The first-order valence-electron chi connectivity index (χ1n) is 5.39. The van der Waals surface area contributed by atoms with Crippen LogP contribution in [0.3, 0.4) is 0 Å². The minimum atomic E-state index is -4.57. The van der Waals surface area contributed by atoms with Crippen molar-refractivity contribution in [2.24, 2.45) is 0 Å². The smallest absolute Gasteiger partial charge is 0.408 e. The number of aliphatic hydroxyl groups is 1. The summed E-state index contributed by atoms with van der Waals surface area (Å²) in [6, 6.07) is -1.50. The van der Waals surface area contributed by atoms with E-state index in [1.807, 2.05) is 5.32 Å². The van der Waals surface area contributed by atoms with Crippen molar-refractivity contribution in [3.63, 3.8) is 0 Å². The molecule has 0 saturated heterocycles. The monoisotopic (exact) mass is 286 g/mol. The molecule has 0 aromatic heterocycles. The number of halogens is 3. The number of rotatable bonds is 4. The quantitative estimate of drug-likeness (QED) is 0.704. The molecule has 0 bridgehead atoms. The lowest BCUT2D eigenvalue weighted by Crippen LogP contribution is -2.51. The molecular formula is C10H17F3N2O4. The third-order valence-electron chi connectivity index (χ3n) is 1.65. The van der Waals surface area contributed by atoms with Crippen LogP contribution in [0.2, 0.25) is 0 Å². The fourth-order valence-corrected chi connectivity index (χ4v) is 0.954. The molecule has 0 aliphatic rings. The number of alkyl carbamates (subject to hydrolysis) is 1. The minimum absolute atomic E-state index is 0.827. The van der Waals surface area contributed by atoms with E-state index in [1.165, 1.54) is 0 Å². The number of carbonyl (C=O) groups is 2. The Morgan fingerprint density at radius 1 is 1.26 bits per heavy atom. The van der Waals surface area contributed by atoms with E-state index in [-0.39, 0.29) is 0 Å². The van der Waals surface area contributed by atoms with Crippen LogP contribution in [-0.4, -0.2) is 48.1 Å². The van der Waals surface area contributed by atoms with Gasteiger partial charge < -0.3 is 20.5 Å². The van der Waals surface area contributed by atoms with Crippen molar-refractivity contribution < 1.29 is 32.6 Å². The maximum Gasteiger partial charge on any atom is 0.408 e. The fraction of sp³-hybridized carbons (Fsp3) is 0.800. The Morgan fingerprint density at radius 2 is 1.79 bits per heavy atom. The van der Waals surface area contributed by atoms with Gasteiger partial charge in [0.15, 0.2) is 0 Å². The van der Waals surface area contributed by atoms with Gasteiger partial charge in [-0.1, -0.05) is 0 Å². The van der Waals surface area contributed by atoms with Crippen LogP contribution in [0, 0.1) is 0 Å².